The summed E-state index contributed by atoms with van der Waals surface area (Å²) in [7, 11) is 0. The zero-order chi connectivity index (χ0) is 10.4. The van der Waals surface area contributed by atoms with Crippen molar-refractivity contribution in [2.75, 3.05) is 6.54 Å². The second-order valence-electron chi connectivity index (χ2n) is 2.98. The molecule has 0 aliphatic rings. The predicted octanol–water partition coefficient (Wildman–Crippen LogP) is 1.06. The first-order valence-corrected chi connectivity index (χ1v) is 4.44. The third-order valence-electron chi connectivity index (χ3n) is 1.86. The van der Waals surface area contributed by atoms with Gasteiger partial charge in [0, 0.05) is 18.7 Å². The molecule has 1 amide bonds. The molecule has 3 nitrogen and oxygen atoms in total. The van der Waals surface area contributed by atoms with E-state index in [0.29, 0.717) is 5.56 Å². The highest BCUT2D eigenvalue weighted by Crippen LogP contribution is 2.03. The fourth-order valence-electron chi connectivity index (χ4n) is 1.11. The van der Waals surface area contributed by atoms with E-state index in [-0.39, 0.29) is 0 Å². The van der Waals surface area contributed by atoms with Crippen LogP contribution in [0.15, 0.2) is 36.9 Å². The first-order valence-electron chi connectivity index (χ1n) is 4.44. The summed E-state index contributed by atoms with van der Waals surface area (Å²) in [5.74, 6) is -0.393. The Kier molecular flexibility index (Phi) is 3.88. The maximum Gasteiger partial charge on any atom is 0.248 e. The second kappa shape index (κ2) is 5.19. The average molecular weight is 190 g/mol. The minimum absolute atomic E-state index is 0.393. The minimum atomic E-state index is -0.393. The van der Waals surface area contributed by atoms with Crippen LogP contribution < -0.4 is 11.1 Å². The lowest BCUT2D eigenvalue weighted by Crippen LogP contribution is -2.13. The Morgan fingerprint density at radius 3 is 2.57 bits per heavy atom. The van der Waals surface area contributed by atoms with Crippen LogP contribution in [-0.4, -0.2) is 12.5 Å². The molecule has 3 heteroatoms. The van der Waals surface area contributed by atoms with Crippen LogP contribution in [0.25, 0.3) is 0 Å². The Morgan fingerprint density at radius 2 is 2.07 bits per heavy atom. The molecule has 0 unspecified atom stereocenters. The van der Waals surface area contributed by atoms with Gasteiger partial charge in [0.1, 0.15) is 0 Å². The van der Waals surface area contributed by atoms with Crippen molar-refractivity contribution in [2.45, 2.75) is 6.54 Å². The van der Waals surface area contributed by atoms with Crippen LogP contribution in [0.4, 0.5) is 0 Å². The van der Waals surface area contributed by atoms with Gasteiger partial charge >= 0.3 is 0 Å². The standard InChI is InChI=1S/C11H14N2O/c1-2-7-13-8-9-3-5-10(6-4-9)11(12)14/h2-6,13H,1,7-8H2,(H2,12,14). The van der Waals surface area contributed by atoms with Crippen molar-refractivity contribution < 1.29 is 4.79 Å². The molecule has 0 bridgehead atoms. The molecule has 1 aromatic rings. The molecule has 0 heterocycles. The molecule has 0 saturated carbocycles. The van der Waals surface area contributed by atoms with E-state index >= 15 is 0 Å². The summed E-state index contributed by atoms with van der Waals surface area (Å²) in [6.45, 7) is 5.15. The molecule has 3 N–H and O–H groups in total. The minimum Gasteiger partial charge on any atom is -0.366 e. The first kappa shape index (κ1) is 10.5. The van der Waals surface area contributed by atoms with Gasteiger partial charge in [-0.15, -0.1) is 6.58 Å². The topological polar surface area (TPSA) is 55.1 Å². The molecule has 0 saturated heterocycles. The van der Waals surface area contributed by atoms with Crippen LogP contribution in [0, 0.1) is 0 Å². The number of hydrogen-bond donors (Lipinski definition) is 2. The van der Waals surface area contributed by atoms with E-state index in [4.69, 9.17) is 5.73 Å². The third kappa shape index (κ3) is 3.03. The van der Waals surface area contributed by atoms with Crippen molar-refractivity contribution in [1.29, 1.82) is 0 Å². The number of benzene rings is 1. The number of nitrogens with one attached hydrogen (secondary N) is 1. The molecular formula is C11H14N2O. The molecular weight excluding hydrogens is 176 g/mol. The fourth-order valence-corrected chi connectivity index (χ4v) is 1.11. The highest BCUT2D eigenvalue weighted by atomic mass is 16.1. The molecule has 0 fully saturated rings. The van der Waals surface area contributed by atoms with E-state index in [2.05, 4.69) is 11.9 Å². The third-order valence-corrected chi connectivity index (χ3v) is 1.86. The van der Waals surface area contributed by atoms with Crippen molar-refractivity contribution in [1.82, 2.24) is 5.32 Å². The van der Waals surface area contributed by atoms with Crippen molar-refractivity contribution in [3.63, 3.8) is 0 Å². The van der Waals surface area contributed by atoms with Crippen LogP contribution in [0.5, 0.6) is 0 Å². The Morgan fingerprint density at radius 1 is 1.43 bits per heavy atom. The maximum atomic E-state index is 10.8. The lowest BCUT2D eigenvalue weighted by Gasteiger charge is -2.02. The quantitative estimate of drug-likeness (QED) is 0.539. The van der Waals surface area contributed by atoms with Gasteiger partial charge in [0.2, 0.25) is 5.91 Å². The molecule has 1 rings (SSSR count). The number of amides is 1. The van der Waals surface area contributed by atoms with Crippen LogP contribution in [0.1, 0.15) is 15.9 Å². The Labute approximate surface area is 83.6 Å². The van der Waals surface area contributed by atoms with Gasteiger partial charge < -0.3 is 11.1 Å². The summed E-state index contributed by atoms with van der Waals surface area (Å²) < 4.78 is 0. The van der Waals surface area contributed by atoms with Crippen LogP contribution in [-0.2, 0) is 6.54 Å². The predicted molar refractivity (Wildman–Crippen MR) is 56.9 cm³/mol. The molecule has 0 aliphatic heterocycles. The monoisotopic (exact) mass is 190 g/mol. The zero-order valence-corrected chi connectivity index (χ0v) is 7.99. The molecule has 0 radical (unpaired) electrons. The van der Waals surface area contributed by atoms with Gasteiger partial charge in [-0.05, 0) is 17.7 Å². The van der Waals surface area contributed by atoms with Crippen molar-refractivity contribution in [3.05, 3.63) is 48.0 Å². The van der Waals surface area contributed by atoms with E-state index in [1.807, 2.05) is 12.1 Å². The summed E-state index contributed by atoms with van der Waals surface area (Å²) in [6.07, 6.45) is 1.80. The van der Waals surface area contributed by atoms with Gasteiger partial charge in [0.05, 0.1) is 0 Å². The SMILES string of the molecule is C=CCNCc1ccc(C(N)=O)cc1. The normalized spacial score (nSPS) is 9.71. The Bertz CT molecular complexity index is 317. The van der Waals surface area contributed by atoms with Crippen LogP contribution in [0.2, 0.25) is 0 Å². The maximum absolute atomic E-state index is 10.8. The smallest absolute Gasteiger partial charge is 0.248 e. The molecule has 0 atom stereocenters. The van der Waals surface area contributed by atoms with Crippen molar-refractivity contribution in [2.24, 2.45) is 5.73 Å². The van der Waals surface area contributed by atoms with Crippen LogP contribution >= 0.6 is 0 Å². The number of carbonyl (C=O) groups is 1. The summed E-state index contributed by atoms with van der Waals surface area (Å²) in [4.78, 5) is 10.8. The number of carbonyl (C=O) groups excluding carboxylic acids is 1. The highest BCUT2D eigenvalue weighted by Gasteiger charge is 1.98. The van der Waals surface area contributed by atoms with E-state index in [9.17, 15) is 4.79 Å². The summed E-state index contributed by atoms with van der Waals surface area (Å²) in [5.41, 5.74) is 6.78. The molecule has 1 aromatic carbocycles. The van der Waals surface area contributed by atoms with E-state index < -0.39 is 5.91 Å². The molecule has 74 valence electrons. The van der Waals surface area contributed by atoms with Crippen LogP contribution in [0.3, 0.4) is 0 Å². The largest absolute Gasteiger partial charge is 0.366 e. The van der Waals surface area contributed by atoms with Crippen molar-refractivity contribution in [3.8, 4) is 0 Å². The zero-order valence-electron chi connectivity index (χ0n) is 7.99. The Hall–Kier alpha value is -1.61. The van der Waals surface area contributed by atoms with Gasteiger partial charge in [-0.1, -0.05) is 18.2 Å². The molecule has 0 aromatic heterocycles. The van der Waals surface area contributed by atoms with Gasteiger partial charge in [0.15, 0.2) is 0 Å². The number of primary amides is 1. The fraction of sp³-hybridized carbons (Fsp3) is 0.182. The van der Waals surface area contributed by atoms with Gasteiger partial charge in [-0.2, -0.15) is 0 Å². The lowest BCUT2D eigenvalue weighted by atomic mass is 10.1. The second-order valence-corrected chi connectivity index (χ2v) is 2.98. The average Bonchev–Trinajstić information content (AvgIpc) is 2.19. The summed E-state index contributed by atoms with van der Waals surface area (Å²) >= 11 is 0. The van der Waals surface area contributed by atoms with Gasteiger partial charge in [-0.3, -0.25) is 4.79 Å². The lowest BCUT2D eigenvalue weighted by molar-refractivity contribution is 0.100. The van der Waals surface area contributed by atoms with Gasteiger partial charge in [-0.25, -0.2) is 0 Å². The number of rotatable bonds is 5. The van der Waals surface area contributed by atoms with Gasteiger partial charge in [0.25, 0.3) is 0 Å². The van der Waals surface area contributed by atoms with Crippen molar-refractivity contribution >= 4 is 5.91 Å². The number of hydrogen-bond acceptors (Lipinski definition) is 2. The summed E-state index contributed by atoms with van der Waals surface area (Å²) in [5, 5.41) is 3.17. The molecule has 14 heavy (non-hydrogen) atoms. The highest BCUT2D eigenvalue weighted by molar-refractivity contribution is 5.92. The number of nitrogens with two attached hydrogens (primary N) is 1. The molecule has 0 aliphatic carbocycles. The van der Waals surface area contributed by atoms with E-state index in [1.165, 1.54) is 0 Å². The summed E-state index contributed by atoms with van der Waals surface area (Å²) in [6, 6.07) is 7.23. The Balaban J connectivity index is 2.55. The first-order chi connectivity index (χ1) is 6.74. The van der Waals surface area contributed by atoms with E-state index in [0.717, 1.165) is 18.7 Å². The van der Waals surface area contributed by atoms with E-state index in [1.54, 1.807) is 18.2 Å². The molecule has 0 spiro atoms.